The Kier molecular flexibility index (Phi) is 3.94. The molecule has 5 nitrogen and oxygen atoms in total. The van der Waals surface area contributed by atoms with E-state index in [1.54, 1.807) is 0 Å². The molecule has 1 aliphatic rings. The molecule has 6 heteroatoms. The van der Waals surface area contributed by atoms with Crippen molar-refractivity contribution in [3.63, 3.8) is 0 Å². The third-order valence-electron chi connectivity index (χ3n) is 3.06. The van der Waals surface area contributed by atoms with Gasteiger partial charge in [-0.25, -0.2) is 0 Å². The van der Waals surface area contributed by atoms with Crippen LogP contribution in [0.25, 0.3) is 5.57 Å². The van der Waals surface area contributed by atoms with Gasteiger partial charge in [0.25, 0.3) is 5.88 Å². The Morgan fingerprint density at radius 3 is 2.95 bits per heavy atom. The van der Waals surface area contributed by atoms with Gasteiger partial charge in [-0.15, -0.1) is 4.37 Å². The predicted molar refractivity (Wildman–Crippen MR) is 79.3 cm³/mol. The average Bonchev–Trinajstić information content (AvgIpc) is 2.95. The molecule has 104 valence electrons. The van der Waals surface area contributed by atoms with E-state index in [9.17, 15) is 0 Å². The zero-order valence-electron chi connectivity index (χ0n) is 11.2. The first-order valence-electron chi connectivity index (χ1n) is 6.43. The SMILES string of the molecule is CN1CNC=C(c2nsnc2OCc2ccccc2)C1. The fourth-order valence-electron chi connectivity index (χ4n) is 2.06. The number of likely N-dealkylation sites (N-methyl/N-ethyl adjacent to an activating group) is 1. The highest BCUT2D eigenvalue weighted by atomic mass is 32.1. The molecule has 0 saturated heterocycles. The molecule has 1 aliphatic heterocycles. The summed E-state index contributed by atoms with van der Waals surface area (Å²) < 4.78 is 14.4. The van der Waals surface area contributed by atoms with Gasteiger partial charge in [-0.05, 0) is 12.6 Å². The minimum Gasteiger partial charge on any atom is -0.471 e. The molecule has 1 aromatic heterocycles. The maximum atomic E-state index is 5.80. The van der Waals surface area contributed by atoms with Gasteiger partial charge in [0.05, 0.1) is 18.4 Å². The van der Waals surface area contributed by atoms with Gasteiger partial charge in [0, 0.05) is 18.3 Å². The normalized spacial score (nSPS) is 15.6. The lowest BCUT2D eigenvalue weighted by atomic mass is 10.2. The van der Waals surface area contributed by atoms with E-state index in [4.69, 9.17) is 4.74 Å². The van der Waals surface area contributed by atoms with Crippen LogP contribution >= 0.6 is 11.7 Å². The van der Waals surface area contributed by atoms with E-state index >= 15 is 0 Å². The molecule has 2 aromatic rings. The van der Waals surface area contributed by atoms with E-state index in [0.717, 1.165) is 30.0 Å². The molecule has 0 saturated carbocycles. The Bertz CT molecular complexity index is 596. The van der Waals surface area contributed by atoms with Crippen molar-refractivity contribution in [1.82, 2.24) is 19.0 Å². The molecular formula is C14H16N4OS. The van der Waals surface area contributed by atoms with Crippen molar-refractivity contribution in [3.8, 4) is 5.88 Å². The Balaban J connectivity index is 1.72. The van der Waals surface area contributed by atoms with E-state index < -0.39 is 0 Å². The Labute approximate surface area is 122 Å². The molecule has 0 fully saturated rings. The highest BCUT2D eigenvalue weighted by molar-refractivity contribution is 6.99. The van der Waals surface area contributed by atoms with Gasteiger partial charge >= 0.3 is 0 Å². The van der Waals surface area contributed by atoms with Crippen molar-refractivity contribution in [2.45, 2.75) is 6.61 Å². The fourth-order valence-corrected chi connectivity index (χ4v) is 2.59. The number of benzene rings is 1. The highest BCUT2D eigenvalue weighted by Crippen LogP contribution is 2.25. The van der Waals surface area contributed by atoms with E-state index in [0.29, 0.717) is 12.5 Å². The minimum atomic E-state index is 0.510. The highest BCUT2D eigenvalue weighted by Gasteiger charge is 2.18. The van der Waals surface area contributed by atoms with Crippen LogP contribution in [0.3, 0.4) is 0 Å². The van der Waals surface area contributed by atoms with Crippen LogP contribution in [0.2, 0.25) is 0 Å². The van der Waals surface area contributed by atoms with Crippen LogP contribution in [0.1, 0.15) is 11.3 Å². The van der Waals surface area contributed by atoms with Crippen molar-refractivity contribution in [2.75, 3.05) is 20.3 Å². The summed E-state index contributed by atoms with van der Waals surface area (Å²) in [6.07, 6.45) is 1.99. The largest absolute Gasteiger partial charge is 0.471 e. The summed E-state index contributed by atoms with van der Waals surface area (Å²) in [5.74, 6) is 0.613. The maximum absolute atomic E-state index is 5.80. The number of nitrogens with zero attached hydrogens (tertiary/aromatic N) is 3. The summed E-state index contributed by atoms with van der Waals surface area (Å²) in [4.78, 5) is 2.18. The minimum absolute atomic E-state index is 0.510. The molecule has 0 amide bonds. The molecule has 3 rings (SSSR count). The second-order valence-corrected chi connectivity index (χ2v) is 5.27. The zero-order chi connectivity index (χ0) is 13.8. The fraction of sp³-hybridized carbons (Fsp3) is 0.286. The molecule has 20 heavy (non-hydrogen) atoms. The topological polar surface area (TPSA) is 50.3 Å². The zero-order valence-corrected chi connectivity index (χ0v) is 12.1. The third-order valence-corrected chi connectivity index (χ3v) is 3.57. The lowest BCUT2D eigenvalue weighted by Gasteiger charge is -2.23. The lowest BCUT2D eigenvalue weighted by molar-refractivity contribution is 0.294. The predicted octanol–water partition coefficient (Wildman–Crippen LogP) is 1.95. The van der Waals surface area contributed by atoms with Gasteiger partial charge < -0.3 is 10.1 Å². The van der Waals surface area contributed by atoms with E-state index in [-0.39, 0.29) is 0 Å². The quantitative estimate of drug-likeness (QED) is 0.932. The Morgan fingerprint density at radius 1 is 1.30 bits per heavy atom. The molecule has 2 heterocycles. The summed E-state index contributed by atoms with van der Waals surface area (Å²) in [5.41, 5.74) is 3.07. The standard InChI is InChI=1S/C14H16N4OS/c1-18-8-12(7-15-10-18)13-14(17-20-16-13)19-9-11-5-3-2-4-6-11/h2-7,15H,8-10H2,1H3. The number of aromatic nitrogens is 2. The first-order valence-corrected chi connectivity index (χ1v) is 7.16. The van der Waals surface area contributed by atoms with Gasteiger partial charge in [-0.3, -0.25) is 4.90 Å². The van der Waals surface area contributed by atoms with Crippen molar-refractivity contribution in [3.05, 3.63) is 47.8 Å². The van der Waals surface area contributed by atoms with Crippen LogP contribution in [0, 0.1) is 0 Å². The number of ether oxygens (including phenoxy) is 1. The monoisotopic (exact) mass is 288 g/mol. The summed E-state index contributed by atoms with van der Waals surface area (Å²) in [5, 5.41) is 3.22. The molecule has 1 aromatic carbocycles. The lowest BCUT2D eigenvalue weighted by Crippen LogP contribution is -2.34. The van der Waals surface area contributed by atoms with E-state index in [2.05, 4.69) is 26.0 Å². The first kappa shape index (κ1) is 13.1. The molecule has 0 spiro atoms. The smallest absolute Gasteiger partial charge is 0.254 e. The molecule has 0 radical (unpaired) electrons. The van der Waals surface area contributed by atoms with Crippen LogP contribution in [0.5, 0.6) is 5.88 Å². The Hall–Kier alpha value is -1.92. The van der Waals surface area contributed by atoms with Crippen molar-refractivity contribution in [2.24, 2.45) is 0 Å². The van der Waals surface area contributed by atoms with Crippen molar-refractivity contribution in [1.29, 1.82) is 0 Å². The van der Waals surface area contributed by atoms with E-state index in [1.807, 2.05) is 36.5 Å². The molecule has 0 atom stereocenters. The second-order valence-electron chi connectivity index (χ2n) is 4.74. The van der Waals surface area contributed by atoms with Gasteiger partial charge in [0.2, 0.25) is 0 Å². The van der Waals surface area contributed by atoms with Gasteiger partial charge in [-0.2, -0.15) is 4.37 Å². The summed E-state index contributed by atoms with van der Waals surface area (Å²) in [6, 6.07) is 10.1. The first-order chi connectivity index (χ1) is 9.83. The maximum Gasteiger partial charge on any atom is 0.254 e. The second kappa shape index (κ2) is 6.02. The number of hydrogen-bond acceptors (Lipinski definition) is 6. The molecule has 0 aliphatic carbocycles. The van der Waals surface area contributed by atoms with Gasteiger partial charge in [0.1, 0.15) is 12.3 Å². The summed E-state index contributed by atoms with van der Waals surface area (Å²) in [6.45, 7) is 2.21. The summed E-state index contributed by atoms with van der Waals surface area (Å²) >= 11 is 1.18. The van der Waals surface area contributed by atoms with Crippen molar-refractivity contribution < 1.29 is 4.74 Å². The molecule has 0 bridgehead atoms. The van der Waals surface area contributed by atoms with Crippen LogP contribution in [0.15, 0.2) is 36.5 Å². The van der Waals surface area contributed by atoms with Crippen LogP contribution < -0.4 is 10.1 Å². The number of rotatable bonds is 4. The van der Waals surface area contributed by atoms with Crippen molar-refractivity contribution >= 4 is 17.3 Å². The summed E-state index contributed by atoms with van der Waals surface area (Å²) in [7, 11) is 2.06. The number of hydrogen-bond donors (Lipinski definition) is 1. The van der Waals surface area contributed by atoms with Crippen LogP contribution in [0.4, 0.5) is 0 Å². The molecule has 1 N–H and O–H groups in total. The average molecular weight is 288 g/mol. The molecular weight excluding hydrogens is 272 g/mol. The Morgan fingerprint density at radius 2 is 2.15 bits per heavy atom. The molecule has 0 unspecified atom stereocenters. The van der Waals surface area contributed by atoms with Gasteiger partial charge in [-0.1, -0.05) is 30.3 Å². The van der Waals surface area contributed by atoms with Crippen LogP contribution in [-0.4, -0.2) is 33.9 Å². The number of nitrogens with one attached hydrogen (secondary N) is 1. The van der Waals surface area contributed by atoms with E-state index in [1.165, 1.54) is 11.7 Å². The third kappa shape index (κ3) is 2.97. The van der Waals surface area contributed by atoms with Gasteiger partial charge in [0.15, 0.2) is 0 Å². The van der Waals surface area contributed by atoms with Crippen LogP contribution in [-0.2, 0) is 6.61 Å².